The second kappa shape index (κ2) is 6.77. The number of likely N-dealkylation sites (tertiary alicyclic amines) is 1. The summed E-state index contributed by atoms with van der Waals surface area (Å²) in [4.78, 5) is 14.0. The molecule has 0 amide bonds. The Hall–Kier alpha value is -2.14. The molecule has 4 rings (SSSR count). The summed E-state index contributed by atoms with van der Waals surface area (Å²) in [6, 6.07) is 12.6. The van der Waals surface area contributed by atoms with Crippen molar-refractivity contribution in [2.75, 3.05) is 19.7 Å². The van der Waals surface area contributed by atoms with Crippen molar-refractivity contribution in [3.05, 3.63) is 53.3 Å². The molecule has 1 N–H and O–H groups in total. The van der Waals surface area contributed by atoms with Crippen LogP contribution in [-0.4, -0.2) is 46.8 Å². The van der Waals surface area contributed by atoms with Gasteiger partial charge in [0, 0.05) is 24.5 Å². The molecule has 1 unspecified atom stereocenters. The van der Waals surface area contributed by atoms with Crippen molar-refractivity contribution in [3.63, 3.8) is 0 Å². The third-order valence-electron chi connectivity index (χ3n) is 5.18. The van der Waals surface area contributed by atoms with E-state index in [-0.39, 0.29) is 12.0 Å². The van der Waals surface area contributed by atoms with Crippen LogP contribution in [0.5, 0.6) is 0 Å². The average molecular weight is 325 g/mol. The van der Waals surface area contributed by atoms with Crippen LogP contribution in [-0.2, 0) is 16.0 Å². The smallest absolute Gasteiger partial charge is 0.323 e. The average Bonchev–Trinajstić information content (AvgIpc) is 3.25. The number of ether oxygens (including phenoxy) is 1. The molecule has 126 valence electrons. The zero-order valence-corrected chi connectivity index (χ0v) is 13.8. The number of carbonyl (C=O) groups is 1. The van der Waals surface area contributed by atoms with Gasteiger partial charge in [-0.25, -0.2) is 0 Å². The molecule has 2 saturated heterocycles. The number of nitrogens with one attached hydrogen (secondary N) is 1. The maximum absolute atomic E-state index is 11.7. The first kappa shape index (κ1) is 15.4. The Balaban J connectivity index is 1.35. The molecule has 0 bridgehead atoms. The van der Waals surface area contributed by atoms with Crippen LogP contribution in [0.4, 0.5) is 0 Å². The SMILES string of the molecule is O=C1OCCC1N1CCC(c2cc(Cc3ccccc3)[nH]n2)CC1. The van der Waals surface area contributed by atoms with E-state index < -0.39 is 0 Å². The Morgan fingerprint density at radius 3 is 2.67 bits per heavy atom. The van der Waals surface area contributed by atoms with E-state index in [4.69, 9.17) is 4.74 Å². The quantitative estimate of drug-likeness (QED) is 0.878. The van der Waals surface area contributed by atoms with E-state index in [0.717, 1.165) is 50.2 Å². The molecule has 1 aromatic carbocycles. The molecule has 2 aliphatic rings. The van der Waals surface area contributed by atoms with Crippen LogP contribution >= 0.6 is 0 Å². The first-order valence-corrected chi connectivity index (χ1v) is 8.78. The van der Waals surface area contributed by atoms with Gasteiger partial charge in [-0.2, -0.15) is 5.10 Å². The van der Waals surface area contributed by atoms with Gasteiger partial charge in [-0.05, 0) is 37.6 Å². The predicted molar refractivity (Wildman–Crippen MR) is 90.7 cm³/mol. The first-order chi connectivity index (χ1) is 11.8. The zero-order chi connectivity index (χ0) is 16.4. The number of rotatable bonds is 4. The number of piperidine rings is 1. The topological polar surface area (TPSA) is 58.2 Å². The van der Waals surface area contributed by atoms with E-state index in [1.54, 1.807) is 0 Å². The Morgan fingerprint density at radius 2 is 1.96 bits per heavy atom. The Labute approximate surface area is 142 Å². The van der Waals surface area contributed by atoms with Gasteiger partial charge in [0.05, 0.1) is 12.3 Å². The van der Waals surface area contributed by atoms with E-state index in [0.29, 0.717) is 12.5 Å². The minimum absolute atomic E-state index is 0.0150. The molecular formula is C19H23N3O2. The van der Waals surface area contributed by atoms with E-state index >= 15 is 0 Å². The van der Waals surface area contributed by atoms with Gasteiger partial charge in [-0.1, -0.05) is 30.3 Å². The van der Waals surface area contributed by atoms with Crippen LogP contribution in [0.15, 0.2) is 36.4 Å². The van der Waals surface area contributed by atoms with Crippen LogP contribution in [0.2, 0.25) is 0 Å². The minimum atomic E-state index is -0.0432. The first-order valence-electron chi connectivity index (χ1n) is 8.78. The number of carbonyl (C=O) groups excluding carboxylic acids is 1. The molecule has 2 fully saturated rings. The lowest BCUT2D eigenvalue weighted by atomic mass is 9.92. The van der Waals surface area contributed by atoms with Gasteiger partial charge in [-0.15, -0.1) is 0 Å². The molecular weight excluding hydrogens is 302 g/mol. The number of aromatic amines is 1. The molecule has 5 nitrogen and oxygen atoms in total. The fraction of sp³-hybridized carbons (Fsp3) is 0.474. The molecule has 0 spiro atoms. The zero-order valence-electron chi connectivity index (χ0n) is 13.8. The summed E-state index contributed by atoms with van der Waals surface area (Å²) in [7, 11) is 0. The number of H-pyrrole nitrogens is 1. The highest BCUT2D eigenvalue weighted by atomic mass is 16.5. The van der Waals surface area contributed by atoms with Gasteiger partial charge < -0.3 is 4.74 Å². The molecule has 2 aromatic rings. The lowest BCUT2D eigenvalue weighted by Crippen LogP contribution is -2.43. The van der Waals surface area contributed by atoms with Gasteiger partial charge in [0.25, 0.3) is 0 Å². The van der Waals surface area contributed by atoms with Crippen LogP contribution in [0.25, 0.3) is 0 Å². The fourth-order valence-corrected chi connectivity index (χ4v) is 3.82. The third kappa shape index (κ3) is 3.22. The van der Waals surface area contributed by atoms with Gasteiger partial charge in [0.15, 0.2) is 0 Å². The van der Waals surface area contributed by atoms with E-state index in [9.17, 15) is 4.79 Å². The van der Waals surface area contributed by atoms with Gasteiger partial charge in [0.1, 0.15) is 6.04 Å². The summed E-state index contributed by atoms with van der Waals surface area (Å²) in [5, 5.41) is 7.73. The van der Waals surface area contributed by atoms with Gasteiger partial charge in [-0.3, -0.25) is 14.8 Å². The molecule has 1 aromatic heterocycles. The highest BCUT2D eigenvalue weighted by Gasteiger charge is 2.35. The number of hydrogen-bond acceptors (Lipinski definition) is 4. The van der Waals surface area contributed by atoms with Crippen molar-refractivity contribution in [3.8, 4) is 0 Å². The molecule has 3 heterocycles. The Morgan fingerprint density at radius 1 is 1.17 bits per heavy atom. The highest BCUT2D eigenvalue weighted by Crippen LogP contribution is 2.29. The van der Waals surface area contributed by atoms with Crippen molar-refractivity contribution >= 4 is 5.97 Å². The van der Waals surface area contributed by atoms with Crippen molar-refractivity contribution in [2.24, 2.45) is 0 Å². The Kier molecular flexibility index (Phi) is 4.34. The molecule has 0 radical (unpaired) electrons. The fourth-order valence-electron chi connectivity index (χ4n) is 3.82. The van der Waals surface area contributed by atoms with Crippen LogP contribution < -0.4 is 0 Å². The van der Waals surface area contributed by atoms with Crippen molar-refractivity contribution in [1.82, 2.24) is 15.1 Å². The lowest BCUT2D eigenvalue weighted by molar-refractivity contribution is -0.142. The van der Waals surface area contributed by atoms with E-state index in [1.807, 2.05) is 6.07 Å². The van der Waals surface area contributed by atoms with E-state index in [2.05, 4.69) is 45.4 Å². The van der Waals surface area contributed by atoms with Crippen molar-refractivity contribution in [2.45, 2.75) is 37.6 Å². The lowest BCUT2D eigenvalue weighted by Gasteiger charge is -2.33. The third-order valence-corrected chi connectivity index (χ3v) is 5.18. The second-order valence-electron chi connectivity index (χ2n) is 6.76. The van der Waals surface area contributed by atoms with Gasteiger partial charge >= 0.3 is 5.97 Å². The van der Waals surface area contributed by atoms with Crippen molar-refractivity contribution < 1.29 is 9.53 Å². The van der Waals surface area contributed by atoms with Crippen molar-refractivity contribution in [1.29, 1.82) is 0 Å². The van der Waals surface area contributed by atoms with Crippen LogP contribution in [0.1, 0.15) is 42.1 Å². The monoisotopic (exact) mass is 325 g/mol. The Bertz CT molecular complexity index is 690. The number of cyclic esters (lactones) is 1. The normalized spacial score (nSPS) is 22.7. The maximum Gasteiger partial charge on any atom is 0.323 e. The standard InChI is InChI=1S/C19H23N3O2/c23-19-18(8-11-24-19)22-9-6-15(7-10-22)17-13-16(20-21-17)12-14-4-2-1-3-5-14/h1-5,13,15,18H,6-12H2,(H,20,21). The number of hydrogen-bond donors (Lipinski definition) is 1. The summed E-state index contributed by atoms with van der Waals surface area (Å²) in [6.07, 6.45) is 3.84. The molecule has 0 saturated carbocycles. The molecule has 24 heavy (non-hydrogen) atoms. The largest absolute Gasteiger partial charge is 0.464 e. The molecule has 1 atom stereocenters. The summed E-state index contributed by atoms with van der Waals surface area (Å²) in [5.41, 5.74) is 3.62. The highest BCUT2D eigenvalue weighted by molar-refractivity contribution is 5.77. The molecule has 2 aliphatic heterocycles. The summed E-state index contributed by atoms with van der Waals surface area (Å²) in [5.74, 6) is 0.442. The van der Waals surface area contributed by atoms with E-state index in [1.165, 1.54) is 5.56 Å². The maximum atomic E-state index is 11.7. The van der Waals surface area contributed by atoms with Crippen LogP contribution in [0.3, 0.4) is 0 Å². The summed E-state index contributed by atoms with van der Waals surface area (Å²) < 4.78 is 5.09. The van der Waals surface area contributed by atoms with Crippen LogP contribution in [0, 0.1) is 0 Å². The summed E-state index contributed by atoms with van der Waals surface area (Å²) in [6.45, 7) is 2.47. The second-order valence-corrected chi connectivity index (χ2v) is 6.76. The predicted octanol–water partition coefficient (Wildman–Crippen LogP) is 2.50. The molecule has 0 aliphatic carbocycles. The number of aromatic nitrogens is 2. The summed E-state index contributed by atoms with van der Waals surface area (Å²) >= 11 is 0. The number of esters is 1. The number of benzene rings is 1. The number of nitrogens with zero attached hydrogens (tertiary/aromatic N) is 2. The molecule has 5 heteroatoms. The minimum Gasteiger partial charge on any atom is -0.464 e. The van der Waals surface area contributed by atoms with Gasteiger partial charge in [0.2, 0.25) is 0 Å².